The Morgan fingerprint density at radius 3 is 2.47 bits per heavy atom. The third-order valence-corrected chi connectivity index (χ3v) is 3.23. The molecule has 4 heteroatoms. The first-order valence-electron chi connectivity index (χ1n) is 5.90. The standard InChI is InChI=1S/C13H19N3O/c1-15(2)11-5-3-10(4-6-11)12-9-13(17)16(12)8-7-14/h3-6,12H,7-9,14H2,1-2H3. The Bertz CT molecular complexity index is 400. The van der Waals surface area contributed by atoms with Crippen molar-refractivity contribution in [3.8, 4) is 0 Å². The van der Waals surface area contributed by atoms with E-state index in [0.717, 1.165) is 0 Å². The average Bonchev–Trinajstić information content (AvgIpc) is 2.33. The van der Waals surface area contributed by atoms with E-state index in [2.05, 4.69) is 29.2 Å². The molecule has 0 aromatic heterocycles. The summed E-state index contributed by atoms with van der Waals surface area (Å²) < 4.78 is 0. The molecule has 1 aliphatic heterocycles. The number of hydrogen-bond acceptors (Lipinski definition) is 3. The Hall–Kier alpha value is -1.55. The van der Waals surface area contributed by atoms with Gasteiger partial charge in [-0.15, -0.1) is 0 Å². The Labute approximate surface area is 102 Å². The van der Waals surface area contributed by atoms with Gasteiger partial charge in [0.25, 0.3) is 0 Å². The zero-order valence-corrected chi connectivity index (χ0v) is 10.4. The number of carbonyl (C=O) groups is 1. The van der Waals surface area contributed by atoms with Crippen LogP contribution >= 0.6 is 0 Å². The van der Waals surface area contributed by atoms with Gasteiger partial charge in [-0.1, -0.05) is 12.1 Å². The van der Waals surface area contributed by atoms with Gasteiger partial charge in [-0.2, -0.15) is 0 Å². The van der Waals surface area contributed by atoms with Crippen LogP contribution in [0.15, 0.2) is 24.3 Å². The Balaban J connectivity index is 2.10. The van der Waals surface area contributed by atoms with E-state index < -0.39 is 0 Å². The van der Waals surface area contributed by atoms with Gasteiger partial charge in [-0.25, -0.2) is 0 Å². The third-order valence-electron chi connectivity index (χ3n) is 3.23. The molecule has 92 valence electrons. The van der Waals surface area contributed by atoms with E-state index in [-0.39, 0.29) is 11.9 Å². The fraction of sp³-hybridized carbons (Fsp3) is 0.462. The van der Waals surface area contributed by atoms with E-state index in [1.807, 2.05) is 19.0 Å². The molecule has 1 saturated heterocycles. The van der Waals surface area contributed by atoms with Crippen LogP contribution < -0.4 is 10.6 Å². The minimum Gasteiger partial charge on any atom is -0.378 e. The van der Waals surface area contributed by atoms with Gasteiger partial charge in [-0.3, -0.25) is 4.79 Å². The summed E-state index contributed by atoms with van der Waals surface area (Å²) in [5.41, 5.74) is 7.87. The van der Waals surface area contributed by atoms with Gasteiger partial charge in [0.05, 0.1) is 12.5 Å². The summed E-state index contributed by atoms with van der Waals surface area (Å²) in [6.45, 7) is 1.18. The molecule has 1 aromatic rings. The molecule has 0 spiro atoms. The molecule has 1 aliphatic rings. The number of carbonyl (C=O) groups excluding carboxylic acids is 1. The highest BCUT2D eigenvalue weighted by molar-refractivity contribution is 5.83. The molecule has 1 atom stereocenters. The van der Waals surface area contributed by atoms with Crippen molar-refractivity contribution in [2.24, 2.45) is 5.73 Å². The Kier molecular flexibility index (Phi) is 3.33. The van der Waals surface area contributed by atoms with Gasteiger partial charge in [0.1, 0.15) is 0 Å². The topological polar surface area (TPSA) is 49.6 Å². The number of amides is 1. The second kappa shape index (κ2) is 4.75. The van der Waals surface area contributed by atoms with E-state index in [1.54, 1.807) is 0 Å². The second-order valence-electron chi connectivity index (χ2n) is 4.58. The van der Waals surface area contributed by atoms with Crippen LogP contribution in [0.2, 0.25) is 0 Å². The van der Waals surface area contributed by atoms with Gasteiger partial charge >= 0.3 is 0 Å². The predicted octanol–water partition coefficient (Wildman–Crippen LogP) is 0.985. The number of nitrogens with two attached hydrogens (primary N) is 1. The number of likely N-dealkylation sites (tertiary alicyclic amines) is 1. The zero-order chi connectivity index (χ0) is 12.4. The molecule has 17 heavy (non-hydrogen) atoms. The lowest BCUT2D eigenvalue weighted by Gasteiger charge is -2.40. The first kappa shape index (κ1) is 11.9. The first-order valence-corrected chi connectivity index (χ1v) is 5.90. The van der Waals surface area contributed by atoms with Gasteiger partial charge < -0.3 is 15.5 Å². The van der Waals surface area contributed by atoms with Gasteiger partial charge in [0.15, 0.2) is 0 Å². The molecular formula is C13H19N3O. The molecule has 0 bridgehead atoms. The summed E-state index contributed by atoms with van der Waals surface area (Å²) in [6.07, 6.45) is 0.612. The average molecular weight is 233 g/mol. The van der Waals surface area contributed by atoms with Crippen molar-refractivity contribution >= 4 is 11.6 Å². The van der Waals surface area contributed by atoms with Crippen molar-refractivity contribution in [2.45, 2.75) is 12.5 Å². The highest BCUT2D eigenvalue weighted by Crippen LogP contribution is 2.34. The number of hydrogen-bond donors (Lipinski definition) is 1. The molecule has 1 heterocycles. The van der Waals surface area contributed by atoms with Crippen LogP contribution in [-0.4, -0.2) is 38.0 Å². The molecule has 2 rings (SSSR count). The van der Waals surface area contributed by atoms with Crippen LogP contribution in [0.25, 0.3) is 0 Å². The normalized spacial score (nSPS) is 19.1. The number of benzene rings is 1. The monoisotopic (exact) mass is 233 g/mol. The Morgan fingerprint density at radius 2 is 2.00 bits per heavy atom. The number of rotatable bonds is 4. The molecule has 0 saturated carbocycles. The summed E-state index contributed by atoms with van der Waals surface area (Å²) in [6, 6.07) is 8.57. The number of nitrogens with zero attached hydrogens (tertiary/aromatic N) is 2. The van der Waals surface area contributed by atoms with Crippen molar-refractivity contribution in [1.82, 2.24) is 4.90 Å². The SMILES string of the molecule is CN(C)c1ccc(C2CC(=O)N2CCN)cc1. The highest BCUT2D eigenvalue weighted by Gasteiger charge is 2.36. The fourth-order valence-electron chi connectivity index (χ4n) is 2.17. The highest BCUT2D eigenvalue weighted by atomic mass is 16.2. The van der Waals surface area contributed by atoms with Crippen LogP contribution in [0.3, 0.4) is 0 Å². The minimum atomic E-state index is 0.206. The van der Waals surface area contributed by atoms with Crippen molar-refractivity contribution in [3.05, 3.63) is 29.8 Å². The van der Waals surface area contributed by atoms with Crippen molar-refractivity contribution in [2.75, 3.05) is 32.1 Å². The van der Waals surface area contributed by atoms with Crippen LogP contribution in [-0.2, 0) is 4.79 Å². The van der Waals surface area contributed by atoms with Gasteiger partial charge in [-0.05, 0) is 17.7 Å². The Morgan fingerprint density at radius 1 is 1.35 bits per heavy atom. The molecule has 1 aromatic carbocycles. The van der Waals surface area contributed by atoms with Crippen molar-refractivity contribution in [1.29, 1.82) is 0 Å². The van der Waals surface area contributed by atoms with Gasteiger partial charge in [0, 0.05) is 32.9 Å². The molecular weight excluding hydrogens is 214 g/mol. The first-order chi connectivity index (χ1) is 8.13. The largest absolute Gasteiger partial charge is 0.378 e. The third kappa shape index (κ3) is 2.26. The van der Waals surface area contributed by atoms with E-state index in [4.69, 9.17) is 5.73 Å². The number of β-lactam (4-membered cyclic amide) rings is 1. The summed E-state index contributed by atoms with van der Waals surface area (Å²) in [4.78, 5) is 15.4. The molecule has 2 N–H and O–H groups in total. The molecule has 1 fully saturated rings. The molecule has 4 nitrogen and oxygen atoms in total. The van der Waals surface area contributed by atoms with E-state index >= 15 is 0 Å². The lowest BCUT2D eigenvalue weighted by molar-refractivity contribution is -0.146. The maximum Gasteiger partial charge on any atom is 0.225 e. The van der Waals surface area contributed by atoms with Crippen LogP contribution in [0.5, 0.6) is 0 Å². The van der Waals surface area contributed by atoms with Crippen molar-refractivity contribution in [3.63, 3.8) is 0 Å². The molecule has 0 radical (unpaired) electrons. The smallest absolute Gasteiger partial charge is 0.225 e. The maximum atomic E-state index is 11.4. The predicted molar refractivity (Wildman–Crippen MR) is 68.9 cm³/mol. The summed E-state index contributed by atoms with van der Waals surface area (Å²) in [5.74, 6) is 0.206. The number of anilines is 1. The van der Waals surface area contributed by atoms with Crippen LogP contribution in [0.1, 0.15) is 18.0 Å². The quantitative estimate of drug-likeness (QED) is 0.789. The van der Waals surface area contributed by atoms with Gasteiger partial charge in [0.2, 0.25) is 5.91 Å². The second-order valence-corrected chi connectivity index (χ2v) is 4.58. The summed E-state index contributed by atoms with van der Waals surface area (Å²) in [5, 5.41) is 0. The molecule has 1 amide bonds. The molecule has 1 unspecified atom stereocenters. The summed E-state index contributed by atoms with van der Waals surface area (Å²) >= 11 is 0. The van der Waals surface area contributed by atoms with Crippen LogP contribution in [0, 0.1) is 0 Å². The molecule has 0 aliphatic carbocycles. The summed E-state index contributed by atoms with van der Waals surface area (Å²) in [7, 11) is 4.03. The van der Waals surface area contributed by atoms with E-state index in [9.17, 15) is 4.79 Å². The lowest BCUT2D eigenvalue weighted by Crippen LogP contribution is -2.48. The van der Waals surface area contributed by atoms with E-state index in [0.29, 0.717) is 19.5 Å². The van der Waals surface area contributed by atoms with Crippen molar-refractivity contribution < 1.29 is 4.79 Å². The van der Waals surface area contributed by atoms with Crippen LogP contribution in [0.4, 0.5) is 5.69 Å². The zero-order valence-electron chi connectivity index (χ0n) is 10.4. The van der Waals surface area contributed by atoms with E-state index in [1.165, 1.54) is 11.3 Å². The lowest BCUT2D eigenvalue weighted by atomic mass is 9.93. The minimum absolute atomic E-state index is 0.206. The fourth-order valence-corrected chi connectivity index (χ4v) is 2.17. The maximum absolute atomic E-state index is 11.4.